The van der Waals surface area contributed by atoms with Crippen LogP contribution in [0.2, 0.25) is 0 Å². The summed E-state index contributed by atoms with van der Waals surface area (Å²) in [6, 6.07) is 62.9. The maximum Gasteiger partial charge on any atom is 0.0621 e. The zero-order chi connectivity index (χ0) is 34.5. The van der Waals surface area contributed by atoms with E-state index in [1.165, 1.54) is 83.0 Å². The number of para-hydroxylation sites is 1. The van der Waals surface area contributed by atoms with Crippen molar-refractivity contribution in [2.24, 2.45) is 0 Å². The molecular formula is C50H41N. The third-order valence-corrected chi connectivity index (χ3v) is 11.5. The zero-order valence-electron chi connectivity index (χ0n) is 29.5. The smallest absolute Gasteiger partial charge is 0.0621 e. The van der Waals surface area contributed by atoms with Crippen molar-refractivity contribution in [1.82, 2.24) is 0 Å². The van der Waals surface area contributed by atoms with Gasteiger partial charge in [0.05, 0.1) is 5.69 Å². The van der Waals surface area contributed by atoms with Crippen LogP contribution in [0.15, 0.2) is 170 Å². The van der Waals surface area contributed by atoms with E-state index in [1.54, 1.807) is 0 Å². The Kier molecular flexibility index (Phi) is 7.59. The predicted octanol–water partition coefficient (Wildman–Crippen LogP) is 14.2. The van der Waals surface area contributed by atoms with Gasteiger partial charge in [0.25, 0.3) is 0 Å². The van der Waals surface area contributed by atoms with Crippen LogP contribution in [0.25, 0.3) is 54.9 Å². The summed E-state index contributed by atoms with van der Waals surface area (Å²) in [6.45, 7) is 6.95. The lowest BCUT2D eigenvalue weighted by molar-refractivity contribution is 0.491. The molecule has 1 aliphatic carbocycles. The SMILES string of the molecule is CCC1(CC)c2ccccc2-c2c1cc1ccccc1c2N(c1ccc(-c2ccccc2-c2ccc3ccccc3c2)cc1)c1ccccc1C. The molecular weight excluding hydrogens is 615 g/mol. The molecule has 0 heterocycles. The molecule has 1 aliphatic rings. The largest absolute Gasteiger partial charge is 0.309 e. The second-order valence-corrected chi connectivity index (χ2v) is 14.0. The number of benzene rings is 8. The highest BCUT2D eigenvalue weighted by Crippen LogP contribution is 2.59. The summed E-state index contributed by atoms with van der Waals surface area (Å²) in [6.07, 6.45) is 2.11. The number of fused-ring (bicyclic) bond motifs is 5. The minimum Gasteiger partial charge on any atom is -0.309 e. The molecule has 0 amide bonds. The molecule has 0 saturated heterocycles. The predicted molar refractivity (Wildman–Crippen MR) is 219 cm³/mol. The van der Waals surface area contributed by atoms with Crippen molar-refractivity contribution in [3.8, 4) is 33.4 Å². The highest BCUT2D eigenvalue weighted by Gasteiger charge is 2.43. The Hall–Kier alpha value is -5.92. The van der Waals surface area contributed by atoms with Gasteiger partial charge in [0.1, 0.15) is 0 Å². The molecule has 0 atom stereocenters. The molecule has 0 radical (unpaired) electrons. The Labute approximate surface area is 301 Å². The molecule has 1 heteroatoms. The third-order valence-electron chi connectivity index (χ3n) is 11.5. The molecule has 0 unspecified atom stereocenters. The fraction of sp³-hybridized carbons (Fsp3) is 0.120. The standard InChI is InChI=1S/C50H41N/c1-4-50(5-2)45-24-14-13-23-44(45)48-46(50)33-38-19-9-10-22-43(38)49(48)51(47-25-15-6-16-34(47)3)40-30-28-36(29-31-40)41-20-11-12-21-42(41)39-27-26-35-17-7-8-18-37(35)32-39/h6-33H,4-5H2,1-3H3. The number of anilines is 3. The van der Waals surface area contributed by atoms with Crippen molar-refractivity contribution < 1.29 is 0 Å². The number of nitrogens with zero attached hydrogens (tertiary/aromatic N) is 1. The van der Waals surface area contributed by atoms with Gasteiger partial charge in [-0.3, -0.25) is 0 Å². The summed E-state index contributed by atoms with van der Waals surface area (Å²) >= 11 is 0. The molecule has 246 valence electrons. The van der Waals surface area contributed by atoms with Crippen LogP contribution >= 0.6 is 0 Å². The maximum atomic E-state index is 2.54. The molecule has 0 aliphatic heterocycles. The van der Waals surface area contributed by atoms with Crippen molar-refractivity contribution in [3.63, 3.8) is 0 Å². The first kappa shape index (κ1) is 31.1. The molecule has 8 aromatic rings. The van der Waals surface area contributed by atoms with Gasteiger partial charge < -0.3 is 4.90 Å². The molecule has 0 bridgehead atoms. The Morgan fingerprint density at radius 2 is 1.06 bits per heavy atom. The Balaban J connectivity index is 1.26. The van der Waals surface area contributed by atoms with Crippen molar-refractivity contribution in [1.29, 1.82) is 0 Å². The van der Waals surface area contributed by atoms with E-state index in [4.69, 9.17) is 0 Å². The zero-order valence-corrected chi connectivity index (χ0v) is 29.5. The van der Waals surface area contributed by atoms with Gasteiger partial charge in [-0.15, -0.1) is 0 Å². The summed E-state index contributed by atoms with van der Waals surface area (Å²) in [7, 11) is 0. The van der Waals surface area contributed by atoms with Crippen LogP contribution < -0.4 is 4.90 Å². The fourth-order valence-corrected chi connectivity index (χ4v) is 8.82. The highest BCUT2D eigenvalue weighted by molar-refractivity contribution is 6.10. The first-order valence-corrected chi connectivity index (χ1v) is 18.3. The van der Waals surface area contributed by atoms with E-state index >= 15 is 0 Å². The lowest BCUT2D eigenvalue weighted by atomic mass is 9.73. The van der Waals surface area contributed by atoms with Crippen molar-refractivity contribution >= 4 is 38.6 Å². The Bertz CT molecular complexity index is 2570. The van der Waals surface area contributed by atoms with Crippen LogP contribution in [0.4, 0.5) is 17.1 Å². The van der Waals surface area contributed by atoms with Crippen LogP contribution in [0, 0.1) is 6.92 Å². The van der Waals surface area contributed by atoms with Crippen molar-refractivity contribution in [2.75, 3.05) is 4.90 Å². The van der Waals surface area contributed by atoms with E-state index in [0.717, 1.165) is 18.5 Å². The van der Waals surface area contributed by atoms with Gasteiger partial charge in [0, 0.05) is 27.7 Å². The van der Waals surface area contributed by atoms with Crippen molar-refractivity contribution in [2.45, 2.75) is 39.0 Å². The number of hydrogen-bond donors (Lipinski definition) is 0. The van der Waals surface area contributed by atoms with E-state index in [-0.39, 0.29) is 5.41 Å². The van der Waals surface area contributed by atoms with Gasteiger partial charge >= 0.3 is 0 Å². The molecule has 9 rings (SSSR count). The van der Waals surface area contributed by atoms with E-state index in [0.29, 0.717) is 0 Å². The summed E-state index contributed by atoms with van der Waals surface area (Å²) in [5.41, 5.74) is 15.4. The van der Waals surface area contributed by atoms with Gasteiger partial charge in [0.15, 0.2) is 0 Å². The molecule has 0 fully saturated rings. The van der Waals surface area contributed by atoms with Crippen LogP contribution in [0.5, 0.6) is 0 Å². The van der Waals surface area contributed by atoms with Crippen LogP contribution in [0.1, 0.15) is 43.4 Å². The normalized spacial score (nSPS) is 12.9. The van der Waals surface area contributed by atoms with E-state index in [1.807, 2.05) is 0 Å². The topological polar surface area (TPSA) is 3.24 Å². The summed E-state index contributed by atoms with van der Waals surface area (Å²) in [5, 5.41) is 5.07. The molecule has 0 spiro atoms. The van der Waals surface area contributed by atoms with E-state index in [2.05, 4.69) is 196 Å². The molecule has 0 aromatic heterocycles. The van der Waals surface area contributed by atoms with Crippen LogP contribution in [0.3, 0.4) is 0 Å². The van der Waals surface area contributed by atoms with Gasteiger partial charge in [-0.05, 0) is 111 Å². The number of hydrogen-bond acceptors (Lipinski definition) is 1. The first-order valence-electron chi connectivity index (χ1n) is 18.3. The lowest BCUT2D eigenvalue weighted by Gasteiger charge is -2.33. The maximum absolute atomic E-state index is 2.54. The summed E-state index contributed by atoms with van der Waals surface area (Å²) < 4.78 is 0. The van der Waals surface area contributed by atoms with Crippen molar-refractivity contribution in [3.05, 3.63) is 187 Å². The monoisotopic (exact) mass is 655 g/mol. The minimum absolute atomic E-state index is 0.0293. The average molecular weight is 656 g/mol. The third kappa shape index (κ3) is 4.91. The summed E-state index contributed by atoms with van der Waals surface area (Å²) in [5.74, 6) is 0. The summed E-state index contributed by atoms with van der Waals surface area (Å²) in [4.78, 5) is 2.54. The molecule has 1 nitrogen and oxygen atoms in total. The molecule has 0 saturated carbocycles. The van der Waals surface area contributed by atoms with E-state index < -0.39 is 0 Å². The molecule has 0 N–H and O–H groups in total. The molecule has 51 heavy (non-hydrogen) atoms. The second kappa shape index (κ2) is 12.4. The Morgan fingerprint density at radius 3 is 1.80 bits per heavy atom. The second-order valence-electron chi connectivity index (χ2n) is 14.0. The fourth-order valence-electron chi connectivity index (χ4n) is 8.82. The number of aryl methyl sites for hydroxylation is 1. The average Bonchev–Trinajstić information content (AvgIpc) is 3.47. The molecule has 8 aromatic carbocycles. The highest BCUT2D eigenvalue weighted by atomic mass is 15.1. The van der Waals surface area contributed by atoms with Gasteiger partial charge in [0.2, 0.25) is 0 Å². The quantitative estimate of drug-likeness (QED) is 0.165. The van der Waals surface area contributed by atoms with Crippen LogP contribution in [-0.4, -0.2) is 0 Å². The first-order chi connectivity index (χ1) is 25.1. The van der Waals surface area contributed by atoms with Crippen LogP contribution in [-0.2, 0) is 5.41 Å². The van der Waals surface area contributed by atoms with Gasteiger partial charge in [-0.25, -0.2) is 0 Å². The van der Waals surface area contributed by atoms with Gasteiger partial charge in [-0.1, -0.05) is 153 Å². The van der Waals surface area contributed by atoms with E-state index in [9.17, 15) is 0 Å². The Morgan fingerprint density at radius 1 is 0.471 bits per heavy atom. The van der Waals surface area contributed by atoms with Gasteiger partial charge in [-0.2, -0.15) is 0 Å². The minimum atomic E-state index is -0.0293. The lowest BCUT2D eigenvalue weighted by Crippen LogP contribution is -2.23. The number of rotatable bonds is 7.